The van der Waals surface area contributed by atoms with Gasteiger partial charge in [-0.05, 0) is 57.5 Å². The van der Waals surface area contributed by atoms with E-state index in [1.807, 2.05) is 24.3 Å². The number of nitrogens with one attached hydrogen (secondary N) is 2. The maximum absolute atomic E-state index is 13.0. The summed E-state index contributed by atoms with van der Waals surface area (Å²) in [5.74, 6) is 0.405. The minimum Gasteiger partial charge on any atom is -0.444 e. The molecule has 8 heteroatoms. The zero-order valence-corrected chi connectivity index (χ0v) is 17.1. The van der Waals surface area contributed by atoms with Crippen molar-refractivity contribution >= 4 is 28.5 Å². The number of amides is 2. The van der Waals surface area contributed by atoms with Gasteiger partial charge in [-0.15, -0.1) is 0 Å². The molecule has 152 valence electrons. The van der Waals surface area contributed by atoms with Crippen molar-refractivity contribution in [2.45, 2.75) is 46.3 Å². The van der Waals surface area contributed by atoms with Crippen LogP contribution in [-0.2, 0) is 4.74 Å². The normalized spacial score (nSPS) is 12.4. The Labute approximate surface area is 168 Å². The van der Waals surface area contributed by atoms with E-state index in [0.29, 0.717) is 23.0 Å². The first-order chi connectivity index (χ1) is 13.6. The van der Waals surface area contributed by atoms with E-state index in [4.69, 9.17) is 9.26 Å². The van der Waals surface area contributed by atoms with Crippen LogP contribution in [-0.4, -0.2) is 27.7 Å². The molecule has 0 radical (unpaired) electrons. The lowest BCUT2D eigenvalue weighted by molar-refractivity contribution is 0.0636. The Morgan fingerprint density at radius 1 is 1.14 bits per heavy atom. The molecule has 3 aromatic rings. The molecule has 1 heterocycles. The Morgan fingerprint density at radius 3 is 2.38 bits per heavy atom. The van der Waals surface area contributed by atoms with Crippen molar-refractivity contribution in [2.75, 3.05) is 5.32 Å². The summed E-state index contributed by atoms with van der Waals surface area (Å²) in [7, 11) is 0. The highest BCUT2D eigenvalue weighted by atomic mass is 16.6. The van der Waals surface area contributed by atoms with Gasteiger partial charge < -0.3 is 14.6 Å². The van der Waals surface area contributed by atoms with Gasteiger partial charge in [0.25, 0.3) is 5.91 Å². The molecule has 2 N–H and O–H groups in total. The summed E-state index contributed by atoms with van der Waals surface area (Å²) < 4.78 is 10.4. The number of hydrogen-bond acceptors (Lipinski definition) is 6. The monoisotopic (exact) mass is 396 g/mol. The highest BCUT2D eigenvalue weighted by Crippen LogP contribution is 2.26. The Bertz CT molecular complexity index is 1050. The van der Waals surface area contributed by atoms with Gasteiger partial charge in [-0.3, -0.25) is 10.1 Å². The van der Waals surface area contributed by atoms with Crippen LogP contribution in [0.25, 0.3) is 10.8 Å². The highest BCUT2D eigenvalue weighted by Gasteiger charge is 2.22. The molecular formula is C21H24N4O4. The third-order valence-corrected chi connectivity index (χ3v) is 4.03. The van der Waals surface area contributed by atoms with Crippen molar-refractivity contribution in [3.8, 4) is 0 Å². The van der Waals surface area contributed by atoms with Crippen LogP contribution in [0.4, 0.5) is 10.5 Å². The Kier molecular flexibility index (Phi) is 5.54. The Balaban J connectivity index is 1.91. The van der Waals surface area contributed by atoms with Gasteiger partial charge in [-0.25, -0.2) is 4.79 Å². The summed E-state index contributed by atoms with van der Waals surface area (Å²) in [4.78, 5) is 29.4. The molecule has 3 rings (SSSR count). The first-order valence-electron chi connectivity index (χ1n) is 9.26. The van der Waals surface area contributed by atoms with Crippen molar-refractivity contribution in [1.82, 2.24) is 15.5 Å². The lowest BCUT2D eigenvalue weighted by Gasteiger charge is -2.21. The van der Waals surface area contributed by atoms with Crippen molar-refractivity contribution in [1.29, 1.82) is 0 Å². The third-order valence-electron chi connectivity index (χ3n) is 4.03. The average molecular weight is 396 g/mol. The lowest BCUT2D eigenvalue weighted by atomic mass is 10.0. The topological polar surface area (TPSA) is 106 Å². The summed E-state index contributed by atoms with van der Waals surface area (Å²) in [6, 6.07) is 10.5. The maximum atomic E-state index is 13.0. The molecule has 1 atom stereocenters. The lowest BCUT2D eigenvalue weighted by Crippen LogP contribution is -2.30. The SMILES string of the molecule is Cc1noc(C(C)NC(=O)c2cc3ccccc3cc2NC(=O)OC(C)(C)C)n1. The van der Waals surface area contributed by atoms with E-state index < -0.39 is 17.7 Å². The summed E-state index contributed by atoms with van der Waals surface area (Å²) in [5.41, 5.74) is -0.00441. The van der Waals surface area contributed by atoms with Crippen molar-refractivity contribution < 1.29 is 18.8 Å². The minimum absolute atomic E-state index is 0.303. The standard InChI is InChI=1S/C21H24N4O4/c1-12(19-23-13(2)25-29-19)22-18(26)16-10-14-8-6-7-9-15(14)11-17(16)24-20(27)28-21(3,4)5/h6-12H,1-5H3,(H,22,26)(H,24,27). The fourth-order valence-corrected chi connectivity index (χ4v) is 2.77. The molecule has 29 heavy (non-hydrogen) atoms. The molecule has 0 fully saturated rings. The summed E-state index contributed by atoms with van der Waals surface area (Å²) in [6.45, 7) is 8.76. The van der Waals surface area contributed by atoms with Gasteiger partial charge in [0.2, 0.25) is 5.89 Å². The molecule has 0 spiro atoms. The number of fused-ring (bicyclic) bond motifs is 1. The fourth-order valence-electron chi connectivity index (χ4n) is 2.77. The summed E-state index contributed by atoms with van der Waals surface area (Å²) in [6.07, 6.45) is -0.637. The molecular weight excluding hydrogens is 372 g/mol. The van der Waals surface area contributed by atoms with Crippen LogP contribution < -0.4 is 10.6 Å². The number of hydrogen-bond donors (Lipinski definition) is 2. The Hall–Kier alpha value is -3.42. The largest absolute Gasteiger partial charge is 0.444 e. The molecule has 0 saturated carbocycles. The summed E-state index contributed by atoms with van der Waals surface area (Å²) >= 11 is 0. The van der Waals surface area contributed by atoms with Crippen molar-refractivity contribution in [3.05, 3.63) is 53.7 Å². The second-order valence-electron chi connectivity index (χ2n) is 7.75. The van der Waals surface area contributed by atoms with Gasteiger partial charge >= 0.3 is 6.09 Å². The number of carbonyl (C=O) groups is 2. The number of rotatable bonds is 4. The second kappa shape index (κ2) is 7.90. The predicted octanol–water partition coefficient (Wildman–Crippen LogP) is 4.37. The number of nitrogens with zero attached hydrogens (tertiary/aromatic N) is 2. The number of anilines is 1. The number of aromatic nitrogens is 2. The molecule has 2 aromatic carbocycles. The van der Waals surface area contributed by atoms with Gasteiger partial charge in [0.05, 0.1) is 11.3 Å². The van der Waals surface area contributed by atoms with E-state index in [9.17, 15) is 9.59 Å². The molecule has 0 aliphatic carbocycles. The zero-order chi connectivity index (χ0) is 21.2. The third kappa shape index (κ3) is 5.10. The van der Waals surface area contributed by atoms with E-state index in [1.54, 1.807) is 46.8 Å². The molecule has 2 amide bonds. The molecule has 0 bridgehead atoms. The van der Waals surface area contributed by atoms with Crippen LogP contribution in [0.2, 0.25) is 0 Å². The van der Waals surface area contributed by atoms with E-state index >= 15 is 0 Å². The van der Waals surface area contributed by atoms with Gasteiger partial charge in [-0.1, -0.05) is 29.4 Å². The fraction of sp³-hybridized carbons (Fsp3) is 0.333. The number of carbonyl (C=O) groups excluding carboxylic acids is 2. The minimum atomic E-state index is -0.659. The summed E-state index contributed by atoms with van der Waals surface area (Å²) in [5, 5.41) is 11.0. The predicted molar refractivity (Wildman–Crippen MR) is 109 cm³/mol. The average Bonchev–Trinajstić information content (AvgIpc) is 3.06. The van der Waals surface area contributed by atoms with Gasteiger partial charge in [0.1, 0.15) is 11.6 Å². The van der Waals surface area contributed by atoms with Gasteiger partial charge in [-0.2, -0.15) is 4.98 Å². The van der Waals surface area contributed by atoms with Crippen LogP contribution >= 0.6 is 0 Å². The molecule has 0 saturated heterocycles. The smallest absolute Gasteiger partial charge is 0.412 e. The maximum Gasteiger partial charge on any atom is 0.412 e. The molecule has 8 nitrogen and oxygen atoms in total. The quantitative estimate of drug-likeness (QED) is 0.678. The van der Waals surface area contributed by atoms with Gasteiger partial charge in [0.15, 0.2) is 5.82 Å². The highest BCUT2D eigenvalue weighted by molar-refractivity contribution is 6.07. The van der Waals surface area contributed by atoms with Crippen LogP contribution in [0.15, 0.2) is 40.9 Å². The molecule has 0 aliphatic heterocycles. The van der Waals surface area contributed by atoms with Gasteiger partial charge in [0, 0.05) is 0 Å². The van der Waals surface area contributed by atoms with Crippen LogP contribution in [0.3, 0.4) is 0 Å². The van der Waals surface area contributed by atoms with Crippen LogP contribution in [0.5, 0.6) is 0 Å². The molecule has 1 unspecified atom stereocenters. The van der Waals surface area contributed by atoms with E-state index in [0.717, 1.165) is 10.8 Å². The van der Waals surface area contributed by atoms with Crippen molar-refractivity contribution in [3.63, 3.8) is 0 Å². The number of aryl methyl sites for hydroxylation is 1. The number of benzene rings is 2. The molecule has 0 aliphatic rings. The first kappa shape index (κ1) is 20.3. The van der Waals surface area contributed by atoms with Crippen molar-refractivity contribution in [2.24, 2.45) is 0 Å². The number of ether oxygens (including phenoxy) is 1. The molecule has 1 aromatic heterocycles. The van der Waals surface area contributed by atoms with Crippen LogP contribution in [0.1, 0.15) is 55.8 Å². The van der Waals surface area contributed by atoms with E-state index in [-0.39, 0.29) is 5.91 Å². The van der Waals surface area contributed by atoms with E-state index in [2.05, 4.69) is 20.8 Å². The Morgan fingerprint density at radius 2 is 1.79 bits per heavy atom. The van der Waals surface area contributed by atoms with Crippen LogP contribution in [0, 0.1) is 6.92 Å². The zero-order valence-electron chi connectivity index (χ0n) is 17.1. The first-order valence-corrected chi connectivity index (χ1v) is 9.26. The van der Waals surface area contributed by atoms with E-state index in [1.165, 1.54) is 0 Å². The second-order valence-corrected chi connectivity index (χ2v) is 7.75.